The molecule has 0 bridgehead atoms. The summed E-state index contributed by atoms with van der Waals surface area (Å²) in [4.78, 5) is 15.9. The van der Waals surface area contributed by atoms with Crippen molar-refractivity contribution < 1.29 is 9.18 Å². The van der Waals surface area contributed by atoms with Gasteiger partial charge in [-0.3, -0.25) is 9.69 Å². The number of benzene rings is 2. The number of anilines is 1. The van der Waals surface area contributed by atoms with Crippen molar-refractivity contribution in [2.75, 3.05) is 24.7 Å². The number of carbonyl (C=O) groups excluding carboxylic acids is 1. The van der Waals surface area contributed by atoms with Crippen LogP contribution in [0.5, 0.6) is 0 Å². The first kappa shape index (κ1) is 18.0. The molecule has 3 nitrogen and oxygen atoms in total. The van der Waals surface area contributed by atoms with Crippen LogP contribution in [0.15, 0.2) is 53.4 Å². The molecule has 3 rings (SSSR count). The Hall–Kier alpha value is -1.85. The number of nitrogens with zero attached hydrogens (tertiary/aromatic N) is 1. The second-order valence-corrected chi connectivity index (χ2v) is 7.18. The molecule has 0 radical (unpaired) electrons. The van der Waals surface area contributed by atoms with Crippen LogP contribution in [0.3, 0.4) is 0 Å². The Balaban J connectivity index is 1.53. The van der Waals surface area contributed by atoms with E-state index in [9.17, 15) is 9.18 Å². The maximum Gasteiger partial charge on any atom is 0.227 e. The van der Waals surface area contributed by atoms with E-state index in [1.165, 1.54) is 6.07 Å². The van der Waals surface area contributed by atoms with Crippen LogP contribution in [-0.4, -0.2) is 30.2 Å². The molecule has 1 heterocycles. The van der Waals surface area contributed by atoms with Gasteiger partial charge in [-0.15, -0.1) is 11.8 Å². The molecule has 0 aromatic heterocycles. The van der Waals surface area contributed by atoms with Crippen LogP contribution in [0.2, 0.25) is 0 Å². The lowest BCUT2D eigenvalue weighted by Crippen LogP contribution is -2.38. The van der Waals surface area contributed by atoms with Crippen molar-refractivity contribution in [1.29, 1.82) is 0 Å². The molecule has 0 atom stereocenters. The van der Waals surface area contributed by atoms with Gasteiger partial charge in [0, 0.05) is 22.9 Å². The summed E-state index contributed by atoms with van der Waals surface area (Å²) in [6.07, 6.45) is 3.62. The number of carbonyl (C=O) groups is 1. The Morgan fingerprint density at radius 3 is 2.56 bits per heavy atom. The normalized spacial score (nSPS) is 15.9. The fourth-order valence-corrected chi connectivity index (χ4v) is 3.76. The highest BCUT2D eigenvalue weighted by molar-refractivity contribution is 7.98. The Morgan fingerprint density at radius 2 is 1.84 bits per heavy atom. The SMILES string of the molecule is CSc1ccccc1NC(=O)C1CCN(Cc2ccccc2F)CC1. The maximum absolute atomic E-state index is 13.8. The monoisotopic (exact) mass is 358 g/mol. The Labute approximate surface area is 152 Å². The van der Waals surface area contributed by atoms with Gasteiger partial charge in [-0.05, 0) is 50.4 Å². The zero-order valence-electron chi connectivity index (χ0n) is 14.4. The van der Waals surface area contributed by atoms with Gasteiger partial charge < -0.3 is 5.32 Å². The average Bonchev–Trinajstić information content (AvgIpc) is 2.64. The van der Waals surface area contributed by atoms with E-state index in [4.69, 9.17) is 0 Å². The van der Waals surface area contributed by atoms with E-state index in [0.717, 1.165) is 42.1 Å². The molecule has 25 heavy (non-hydrogen) atoms. The number of thioether (sulfide) groups is 1. The lowest BCUT2D eigenvalue weighted by Gasteiger charge is -2.31. The van der Waals surface area contributed by atoms with Crippen molar-refractivity contribution in [2.24, 2.45) is 5.92 Å². The van der Waals surface area contributed by atoms with Crippen molar-refractivity contribution in [1.82, 2.24) is 4.90 Å². The molecule has 2 aromatic carbocycles. The number of amides is 1. The van der Waals surface area contributed by atoms with E-state index in [1.54, 1.807) is 17.8 Å². The first-order valence-electron chi connectivity index (χ1n) is 8.57. The topological polar surface area (TPSA) is 32.3 Å². The second-order valence-electron chi connectivity index (χ2n) is 6.33. The molecule has 0 aliphatic carbocycles. The fraction of sp³-hybridized carbons (Fsp3) is 0.350. The summed E-state index contributed by atoms with van der Waals surface area (Å²) < 4.78 is 13.8. The predicted octanol–water partition coefficient (Wildman–Crippen LogP) is 4.40. The summed E-state index contributed by atoms with van der Waals surface area (Å²) in [5, 5.41) is 3.07. The van der Waals surface area contributed by atoms with E-state index < -0.39 is 0 Å². The molecule has 2 aromatic rings. The second kappa shape index (κ2) is 8.50. The van der Waals surface area contributed by atoms with Crippen LogP contribution in [0, 0.1) is 11.7 Å². The van der Waals surface area contributed by atoms with Gasteiger partial charge in [0.05, 0.1) is 5.69 Å². The Kier molecular flexibility index (Phi) is 6.10. The fourth-order valence-electron chi connectivity index (χ4n) is 3.20. The molecule has 0 saturated carbocycles. The number of hydrogen-bond acceptors (Lipinski definition) is 3. The highest BCUT2D eigenvalue weighted by atomic mass is 32.2. The smallest absolute Gasteiger partial charge is 0.227 e. The van der Waals surface area contributed by atoms with Gasteiger partial charge in [-0.25, -0.2) is 4.39 Å². The van der Waals surface area contributed by atoms with E-state index in [2.05, 4.69) is 10.2 Å². The third-order valence-corrected chi connectivity index (χ3v) is 5.47. The summed E-state index contributed by atoms with van der Waals surface area (Å²) in [6, 6.07) is 14.8. The molecule has 1 aliphatic heterocycles. The van der Waals surface area contributed by atoms with E-state index in [1.807, 2.05) is 42.7 Å². The maximum atomic E-state index is 13.8. The van der Waals surface area contributed by atoms with Gasteiger partial charge in [-0.2, -0.15) is 0 Å². The quantitative estimate of drug-likeness (QED) is 0.804. The first-order valence-corrected chi connectivity index (χ1v) is 9.79. The molecule has 5 heteroatoms. The Morgan fingerprint density at radius 1 is 1.16 bits per heavy atom. The minimum Gasteiger partial charge on any atom is -0.325 e. The molecule has 0 unspecified atom stereocenters. The molecular weight excluding hydrogens is 335 g/mol. The van der Waals surface area contributed by atoms with Crippen molar-refractivity contribution in [3.63, 3.8) is 0 Å². The number of piperidine rings is 1. The Bertz CT molecular complexity index is 729. The van der Waals surface area contributed by atoms with E-state index in [-0.39, 0.29) is 17.6 Å². The van der Waals surface area contributed by atoms with Gasteiger partial charge >= 0.3 is 0 Å². The zero-order valence-corrected chi connectivity index (χ0v) is 15.2. The zero-order chi connectivity index (χ0) is 17.6. The largest absolute Gasteiger partial charge is 0.325 e. The minimum absolute atomic E-state index is 0.0202. The van der Waals surface area contributed by atoms with Gasteiger partial charge in [0.25, 0.3) is 0 Å². The molecular formula is C20H23FN2OS. The van der Waals surface area contributed by atoms with Gasteiger partial charge in [-0.1, -0.05) is 30.3 Å². The third-order valence-electron chi connectivity index (χ3n) is 4.68. The lowest BCUT2D eigenvalue weighted by molar-refractivity contribution is -0.121. The number of nitrogens with one attached hydrogen (secondary N) is 1. The highest BCUT2D eigenvalue weighted by Crippen LogP contribution is 2.27. The van der Waals surface area contributed by atoms with Crippen LogP contribution in [0.1, 0.15) is 18.4 Å². The van der Waals surface area contributed by atoms with Crippen molar-refractivity contribution in [3.8, 4) is 0 Å². The minimum atomic E-state index is -0.156. The molecule has 0 spiro atoms. The van der Waals surface area contributed by atoms with Gasteiger partial charge in [0.1, 0.15) is 5.82 Å². The van der Waals surface area contributed by atoms with Crippen LogP contribution >= 0.6 is 11.8 Å². The van der Waals surface area contributed by atoms with Crippen molar-refractivity contribution in [2.45, 2.75) is 24.3 Å². The molecule has 132 valence electrons. The molecule has 1 N–H and O–H groups in total. The van der Waals surface area contributed by atoms with Crippen LogP contribution in [-0.2, 0) is 11.3 Å². The number of para-hydroxylation sites is 1. The molecule has 1 aliphatic rings. The van der Waals surface area contributed by atoms with Crippen LogP contribution in [0.4, 0.5) is 10.1 Å². The summed E-state index contributed by atoms with van der Waals surface area (Å²) in [6.45, 7) is 2.24. The van der Waals surface area contributed by atoms with E-state index in [0.29, 0.717) is 6.54 Å². The first-order chi connectivity index (χ1) is 12.2. The van der Waals surface area contributed by atoms with Crippen LogP contribution < -0.4 is 5.32 Å². The van der Waals surface area contributed by atoms with Gasteiger partial charge in [0.2, 0.25) is 5.91 Å². The summed E-state index contributed by atoms with van der Waals surface area (Å²) in [5.41, 5.74) is 1.60. The molecule has 1 amide bonds. The summed E-state index contributed by atoms with van der Waals surface area (Å²) in [5.74, 6) is -0.0464. The summed E-state index contributed by atoms with van der Waals surface area (Å²) >= 11 is 1.63. The van der Waals surface area contributed by atoms with Crippen LogP contribution in [0.25, 0.3) is 0 Å². The standard InChI is InChI=1S/C20H23FN2OS/c1-25-19-9-5-4-8-18(19)22-20(24)15-10-12-23(13-11-15)14-16-6-2-3-7-17(16)21/h2-9,15H,10-14H2,1H3,(H,22,24). The van der Waals surface area contributed by atoms with E-state index >= 15 is 0 Å². The number of likely N-dealkylation sites (tertiary alicyclic amines) is 1. The molecule has 1 fully saturated rings. The average molecular weight is 358 g/mol. The lowest BCUT2D eigenvalue weighted by atomic mass is 9.95. The molecule has 1 saturated heterocycles. The third kappa shape index (κ3) is 4.61. The number of hydrogen-bond donors (Lipinski definition) is 1. The van der Waals surface area contributed by atoms with Crippen molar-refractivity contribution >= 4 is 23.4 Å². The number of rotatable bonds is 5. The predicted molar refractivity (Wildman–Crippen MR) is 101 cm³/mol. The highest BCUT2D eigenvalue weighted by Gasteiger charge is 2.25. The van der Waals surface area contributed by atoms with Gasteiger partial charge in [0.15, 0.2) is 0 Å². The summed E-state index contributed by atoms with van der Waals surface area (Å²) in [7, 11) is 0. The number of halogens is 1. The van der Waals surface area contributed by atoms with Crippen molar-refractivity contribution in [3.05, 3.63) is 59.9 Å².